The van der Waals surface area contributed by atoms with Crippen molar-refractivity contribution in [2.24, 2.45) is 5.92 Å². The van der Waals surface area contributed by atoms with Crippen LogP contribution in [0.5, 0.6) is 5.75 Å². The lowest BCUT2D eigenvalue weighted by molar-refractivity contribution is 0.217. The highest BCUT2D eigenvalue weighted by Crippen LogP contribution is 2.13. The van der Waals surface area contributed by atoms with Gasteiger partial charge in [0.2, 0.25) is 0 Å². The van der Waals surface area contributed by atoms with Crippen molar-refractivity contribution < 1.29 is 4.74 Å². The average Bonchev–Trinajstić information content (AvgIpc) is 2.45. The largest absolute Gasteiger partial charge is 0.492 e. The fourth-order valence-corrected chi connectivity index (χ4v) is 2.14. The predicted molar refractivity (Wildman–Crippen MR) is 90.9 cm³/mol. The second-order valence-electron chi connectivity index (χ2n) is 6.31. The van der Waals surface area contributed by atoms with Gasteiger partial charge >= 0.3 is 0 Å². The van der Waals surface area contributed by atoms with E-state index in [1.54, 1.807) is 0 Å². The van der Waals surface area contributed by atoms with Crippen molar-refractivity contribution in [1.82, 2.24) is 10.2 Å². The minimum absolute atomic E-state index is 0.503. The molecule has 1 rings (SSSR count). The number of nitrogens with one attached hydrogen (secondary N) is 1. The van der Waals surface area contributed by atoms with Crippen LogP contribution >= 0.6 is 0 Å². The van der Waals surface area contributed by atoms with Gasteiger partial charge in [0, 0.05) is 25.7 Å². The SMILES string of the molecule is CCC(C)CN(C)CCOc1cccc(CNC(C)C)c1. The fourth-order valence-electron chi connectivity index (χ4n) is 2.14. The molecule has 0 heterocycles. The Balaban J connectivity index is 2.33. The highest BCUT2D eigenvalue weighted by atomic mass is 16.5. The van der Waals surface area contributed by atoms with E-state index in [4.69, 9.17) is 4.74 Å². The third-order valence-electron chi connectivity index (χ3n) is 3.67. The first-order chi connectivity index (χ1) is 10.0. The van der Waals surface area contributed by atoms with E-state index in [0.29, 0.717) is 6.04 Å². The molecular formula is C18H32N2O. The summed E-state index contributed by atoms with van der Waals surface area (Å²) < 4.78 is 5.87. The number of benzene rings is 1. The van der Waals surface area contributed by atoms with Crippen molar-refractivity contribution in [2.45, 2.75) is 46.7 Å². The quantitative estimate of drug-likeness (QED) is 0.714. The van der Waals surface area contributed by atoms with Crippen LogP contribution in [0.4, 0.5) is 0 Å². The van der Waals surface area contributed by atoms with Crippen molar-refractivity contribution in [3.8, 4) is 5.75 Å². The highest BCUT2D eigenvalue weighted by Gasteiger charge is 2.04. The van der Waals surface area contributed by atoms with E-state index in [9.17, 15) is 0 Å². The lowest BCUT2D eigenvalue weighted by Gasteiger charge is -2.20. The zero-order chi connectivity index (χ0) is 15.7. The van der Waals surface area contributed by atoms with Crippen LogP contribution in [0.15, 0.2) is 24.3 Å². The Morgan fingerprint density at radius 1 is 1.24 bits per heavy atom. The summed E-state index contributed by atoms with van der Waals surface area (Å²) in [5.74, 6) is 1.72. The van der Waals surface area contributed by atoms with E-state index in [1.165, 1.54) is 12.0 Å². The Bertz CT molecular complexity index is 393. The first kappa shape index (κ1) is 18.0. The number of likely N-dealkylation sites (N-methyl/N-ethyl adjacent to an activating group) is 1. The summed E-state index contributed by atoms with van der Waals surface area (Å²) in [5.41, 5.74) is 1.27. The molecule has 0 aromatic heterocycles. The number of rotatable bonds is 10. The number of nitrogens with zero attached hydrogens (tertiary/aromatic N) is 1. The summed E-state index contributed by atoms with van der Waals surface area (Å²) >= 11 is 0. The zero-order valence-electron chi connectivity index (χ0n) is 14.4. The molecule has 3 heteroatoms. The maximum atomic E-state index is 5.87. The molecule has 21 heavy (non-hydrogen) atoms. The topological polar surface area (TPSA) is 24.5 Å². The summed E-state index contributed by atoms with van der Waals surface area (Å²) in [6, 6.07) is 8.87. The molecule has 1 atom stereocenters. The molecule has 1 unspecified atom stereocenters. The van der Waals surface area contributed by atoms with Crippen molar-refractivity contribution in [2.75, 3.05) is 26.7 Å². The van der Waals surface area contributed by atoms with Gasteiger partial charge in [-0.15, -0.1) is 0 Å². The van der Waals surface area contributed by atoms with Crippen LogP contribution in [-0.2, 0) is 6.54 Å². The van der Waals surface area contributed by atoms with Gasteiger partial charge in [-0.3, -0.25) is 0 Å². The van der Waals surface area contributed by atoms with Crippen LogP contribution in [0.2, 0.25) is 0 Å². The van der Waals surface area contributed by atoms with Crippen LogP contribution in [0.1, 0.15) is 39.7 Å². The fraction of sp³-hybridized carbons (Fsp3) is 0.667. The van der Waals surface area contributed by atoms with Gasteiger partial charge in [-0.05, 0) is 30.7 Å². The summed E-state index contributed by atoms with van der Waals surface area (Å²) in [4.78, 5) is 2.35. The van der Waals surface area contributed by atoms with Crippen LogP contribution in [0, 0.1) is 5.92 Å². The van der Waals surface area contributed by atoms with Gasteiger partial charge < -0.3 is 15.0 Å². The van der Waals surface area contributed by atoms with Gasteiger partial charge in [0.15, 0.2) is 0 Å². The molecule has 1 aromatic carbocycles. The lowest BCUT2D eigenvalue weighted by atomic mass is 10.1. The predicted octanol–water partition coefficient (Wildman–Crippen LogP) is 3.54. The molecule has 0 saturated heterocycles. The third-order valence-corrected chi connectivity index (χ3v) is 3.67. The van der Waals surface area contributed by atoms with Gasteiger partial charge in [0.1, 0.15) is 12.4 Å². The minimum Gasteiger partial charge on any atom is -0.492 e. The van der Waals surface area contributed by atoms with Gasteiger partial charge in [0.25, 0.3) is 0 Å². The monoisotopic (exact) mass is 292 g/mol. The molecule has 0 aliphatic rings. The van der Waals surface area contributed by atoms with Gasteiger partial charge in [-0.2, -0.15) is 0 Å². The van der Waals surface area contributed by atoms with Crippen LogP contribution in [-0.4, -0.2) is 37.7 Å². The van der Waals surface area contributed by atoms with Gasteiger partial charge in [-0.25, -0.2) is 0 Å². The van der Waals surface area contributed by atoms with E-state index in [1.807, 2.05) is 6.07 Å². The normalized spacial score (nSPS) is 12.9. The number of ether oxygens (including phenoxy) is 1. The first-order valence-electron chi connectivity index (χ1n) is 8.15. The molecule has 0 bridgehead atoms. The average molecular weight is 292 g/mol. The molecule has 1 N–H and O–H groups in total. The van der Waals surface area contributed by atoms with Crippen molar-refractivity contribution in [3.05, 3.63) is 29.8 Å². The molecule has 0 aliphatic heterocycles. The number of hydrogen-bond donors (Lipinski definition) is 1. The van der Waals surface area contributed by atoms with E-state index in [-0.39, 0.29) is 0 Å². The van der Waals surface area contributed by atoms with E-state index >= 15 is 0 Å². The molecule has 0 spiro atoms. The molecule has 0 saturated carbocycles. The Labute approximate surface area is 130 Å². The second kappa shape index (κ2) is 9.80. The third kappa shape index (κ3) is 8.08. The molecule has 1 aromatic rings. The standard InChI is InChI=1S/C18H32N2O/c1-6-16(4)14-20(5)10-11-21-18-9-7-8-17(12-18)13-19-15(2)3/h7-9,12,15-16,19H,6,10-11,13-14H2,1-5H3. The number of hydrogen-bond acceptors (Lipinski definition) is 3. The van der Waals surface area contributed by atoms with Gasteiger partial charge in [-0.1, -0.05) is 46.2 Å². The highest BCUT2D eigenvalue weighted by molar-refractivity contribution is 5.28. The van der Waals surface area contributed by atoms with E-state index in [0.717, 1.165) is 37.9 Å². The van der Waals surface area contributed by atoms with Crippen LogP contribution < -0.4 is 10.1 Å². The Morgan fingerprint density at radius 3 is 2.67 bits per heavy atom. The molecule has 0 radical (unpaired) electrons. The minimum atomic E-state index is 0.503. The summed E-state index contributed by atoms with van der Waals surface area (Å²) in [6.45, 7) is 12.6. The molecule has 0 aliphatic carbocycles. The van der Waals surface area contributed by atoms with Crippen molar-refractivity contribution in [1.29, 1.82) is 0 Å². The summed E-state index contributed by atoms with van der Waals surface area (Å²) in [7, 11) is 2.17. The Kier molecular flexibility index (Phi) is 8.40. The smallest absolute Gasteiger partial charge is 0.119 e. The summed E-state index contributed by atoms with van der Waals surface area (Å²) in [5, 5.41) is 3.43. The zero-order valence-corrected chi connectivity index (χ0v) is 14.4. The van der Waals surface area contributed by atoms with Crippen molar-refractivity contribution >= 4 is 0 Å². The lowest BCUT2D eigenvalue weighted by Crippen LogP contribution is -2.28. The van der Waals surface area contributed by atoms with E-state index in [2.05, 4.69) is 63.2 Å². The van der Waals surface area contributed by atoms with Crippen LogP contribution in [0.3, 0.4) is 0 Å². The Morgan fingerprint density at radius 2 is 2.00 bits per heavy atom. The molecule has 0 fully saturated rings. The molecule has 0 amide bonds. The first-order valence-corrected chi connectivity index (χ1v) is 8.15. The van der Waals surface area contributed by atoms with Gasteiger partial charge in [0.05, 0.1) is 0 Å². The van der Waals surface area contributed by atoms with Crippen LogP contribution in [0.25, 0.3) is 0 Å². The maximum absolute atomic E-state index is 5.87. The molecule has 3 nitrogen and oxygen atoms in total. The summed E-state index contributed by atoms with van der Waals surface area (Å²) in [6.07, 6.45) is 1.23. The molecule has 120 valence electrons. The maximum Gasteiger partial charge on any atom is 0.119 e. The second-order valence-corrected chi connectivity index (χ2v) is 6.31. The van der Waals surface area contributed by atoms with Crippen molar-refractivity contribution in [3.63, 3.8) is 0 Å². The van der Waals surface area contributed by atoms with E-state index < -0.39 is 0 Å². The molecular weight excluding hydrogens is 260 g/mol. The Hall–Kier alpha value is -1.06.